The first kappa shape index (κ1) is 8.73. The summed E-state index contributed by atoms with van der Waals surface area (Å²) in [4.78, 5) is 7.05. The topological polar surface area (TPSA) is 72.7 Å². The highest BCUT2D eigenvalue weighted by molar-refractivity contribution is 5.76. The lowest BCUT2D eigenvalue weighted by Crippen LogP contribution is -1.93. The Morgan fingerprint density at radius 1 is 1.43 bits per heavy atom. The van der Waals surface area contributed by atoms with Gasteiger partial charge in [0.1, 0.15) is 0 Å². The molecule has 0 aliphatic heterocycles. The van der Waals surface area contributed by atoms with Crippen LogP contribution in [0.15, 0.2) is 18.5 Å². The van der Waals surface area contributed by atoms with E-state index in [1.165, 1.54) is 0 Å². The van der Waals surface area contributed by atoms with E-state index in [0.717, 1.165) is 22.2 Å². The number of hydrogen-bond acceptors (Lipinski definition) is 3. The molecule has 2 rings (SSSR count). The van der Waals surface area contributed by atoms with Crippen LogP contribution in [0.3, 0.4) is 0 Å². The van der Waals surface area contributed by atoms with E-state index in [-0.39, 0.29) is 6.61 Å². The Morgan fingerprint density at radius 3 is 3.00 bits per heavy atom. The third-order valence-corrected chi connectivity index (χ3v) is 2.18. The van der Waals surface area contributed by atoms with Gasteiger partial charge in [0.15, 0.2) is 0 Å². The standard InChI is InChI=1S/C10H9N3O/c11-2-1-7-3-9-10(13-6-12-9)4-8(7)5-14/h3-4,6,14H,1,5H2,(H,12,13). The predicted molar refractivity (Wildman–Crippen MR) is 51.3 cm³/mol. The highest BCUT2D eigenvalue weighted by atomic mass is 16.3. The quantitative estimate of drug-likeness (QED) is 0.739. The number of aliphatic hydroxyl groups excluding tert-OH is 1. The van der Waals surface area contributed by atoms with Crippen molar-refractivity contribution in [2.24, 2.45) is 0 Å². The van der Waals surface area contributed by atoms with Crippen LogP contribution in [0.25, 0.3) is 11.0 Å². The van der Waals surface area contributed by atoms with Crippen LogP contribution in [0.5, 0.6) is 0 Å². The number of aromatic nitrogens is 2. The Balaban J connectivity index is 2.61. The van der Waals surface area contributed by atoms with Crippen molar-refractivity contribution >= 4 is 11.0 Å². The Labute approximate surface area is 80.8 Å². The van der Waals surface area contributed by atoms with Crippen molar-refractivity contribution in [2.45, 2.75) is 13.0 Å². The molecule has 0 unspecified atom stereocenters. The Bertz CT molecular complexity index is 496. The third kappa shape index (κ3) is 1.34. The van der Waals surface area contributed by atoms with Gasteiger partial charge in [-0.1, -0.05) is 0 Å². The lowest BCUT2D eigenvalue weighted by atomic mass is 10.0. The number of hydrogen-bond donors (Lipinski definition) is 2. The molecule has 0 saturated heterocycles. The van der Waals surface area contributed by atoms with E-state index in [2.05, 4.69) is 16.0 Å². The second kappa shape index (κ2) is 3.48. The fourth-order valence-electron chi connectivity index (χ4n) is 1.47. The molecule has 1 aromatic carbocycles. The lowest BCUT2D eigenvalue weighted by Gasteiger charge is -2.02. The zero-order chi connectivity index (χ0) is 9.97. The van der Waals surface area contributed by atoms with Gasteiger partial charge in [-0.25, -0.2) is 4.98 Å². The van der Waals surface area contributed by atoms with Crippen LogP contribution in [-0.2, 0) is 13.0 Å². The van der Waals surface area contributed by atoms with Crippen molar-refractivity contribution in [3.63, 3.8) is 0 Å². The van der Waals surface area contributed by atoms with E-state index in [1.54, 1.807) is 6.33 Å². The fraction of sp³-hybridized carbons (Fsp3) is 0.200. The molecule has 0 aliphatic carbocycles. The summed E-state index contributed by atoms with van der Waals surface area (Å²) in [6, 6.07) is 5.73. The highest BCUT2D eigenvalue weighted by Gasteiger charge is 2.05. The predicted octanol–water partition coefficient (Wildman–Crippen LogP) is 1.12. The summed E-state index contributed by atoms with van der Waals surface area (Å²) in [5.41, 5.74) is 3.33. The molecule has 0 radical (unpaired) electrons. The SMILES string of the molecule is N#CCc1cc2nc[nH]c2cc1CO. The van der Waals surface area contributed by atoms with Gasteiger partial charge in [-0.05, 0) is 23.3 Å². The number of benzene rings is 1. The zero-order valence-corrected chi connectivity index (χ0v) is 7.49. The van der Waals surface area contributed by atoms with Gasteiger partial charge in [0, 0.05) is 0 Å². The summed E-state index contributed by atoms with van der Waals surface area (Å²) in [6.07, 6.45) is 1.90. The van der Waals surface area contributed by atoms with Crippen LogP contribution >= 0.6 is 0 Å². The zero-order valence-electron chi connectivity index (χ0n) is 7.49. The van der Waals surface area contributed by atoms with Crippen LogP contribution in [-0.4, -0.2) is 15.1 Å². The monoisotopic (exact) mass is 187 g/mol. The first-order chi connectivity index (χ1) is 6.85. The number of nitrogens with one attached hydrogen (secondary N) is 1. The fourth-order valence-corrected chi connectivity index (χ4v) is 1.47. The van der Waals surface area contributed by atoms with Crippen LogP contribution in [0.1, 0.15) is 11.1 Å². The van der Waals surface area contributed by atoms with Crippen LogP contribution in [0.2, 0.25) is 0 Å². The summed E-state index contributed by atoms with van der Waals surface area (Å²) in [6.45, 7) is -0.0496. The van der Waals surface area contributed by atoms with Crippen molar-refractivity contribution in [3.05, 3.63) is 29.6 Å². The lowest BCUT2D eigenvalue weighted by molar-refractivity contribution is 0.281. The van der Waals surface area contributed by atoms with Crippen molar-refractivity contribution in [2.75, 3.05) is 0 Å². The molecule has 0 saturated carbocycles. The number of imidazole rings is 1. The normalized spacial score (nSPS) is 10.3. The first-order valence-corrected chi connectivity index (χ1v) is 4.28. The van der Waals surface area contributed by atoms with Crippen molar-refractivity contribution < 1.29 is 5.11 Å². The molecule has 0 amide bonds. The maximum atomic E-state index is 9.10. The molecular weight excluding hydrogens is 178 g/mol. The number of fused-ring (bicyclic) bond motifs is 1. The van der Waals surface area contributed by atoms with E-state index in [0.29, 0.717) is 6.42 Å². The summed E-state index contributed by atoms with van der Waals surface area (Å²) in [5.74, 6) is 0. The number of nitrogens with zero attached hydrogens (tertiary/aromatic N) is 2. The molecule has 0 bridgehead atoms. The Morgan fingerprint density at radius 2 is 2.29 bits per heavy atom. The number of nitriles is 1. The number of aliphatic hydroxyl groups is 1. The highest BCUT2D eigenvalue weighted by Crippen LogP contribution is 2.17. The summed E-state index contributed by atoms with van der Waals surface area (Å²) >= 11 is 0. The minimum atomic E-state index is -0.0496. The van der Waals surface area contributed by atoms with Gasteiger partial charge >= 0.3 is 0 Å². The minimum absolute atomic E-state index is 0.0496. The molecule has 70 valence electrons. The summed E-state index contributed by atoms with van der Waals surface area (Å²) in [7, 11) is 0. The molecule has 0 fully saturated rings. The molecule has 4 heteroatoms. The maximum absolute atomic E-state index is 9.10. The molecule has 0 spiro atoms. The van der Waals surface area contributed by atoms with E-state index in [9.17, 15) is 0 Å². The molecule has 14 heavy (non-hydrogen) atoms. The molecule has 2 aromatic rings. The second-order valence-electron chi connectivity index (χ2n) is 3.03. The van der Waals surface area contributed by atoms with Crippen molar-refractivity contribution in [3.8, 4) is 6.07 Å². The van der Waals surface area contributed by atoms with Crippen LogP contribution in [0.4, 0.5) is 0 Å². The van der Waals surface area contributed by atoms with E-state index < -0.39 is 0 Å². The smallest absolute Gasteiger partial charge is 0.0931 e. The first-order valence-electron chi connectivity index (χ1n) is 4.28. The van der Waals surface area contributed by atoms with Gasteiger partial charge in [0.05, 0.1) is 36.5 Å². The van der Waals surface area contributed by atoms with Gasteiger partial charge in [-0.2, -0.15) is 5.26 Å². The maximum Gasteiger partial charge on any atom is 0.0931 e. The van der Waals surface area contributed by atoms with Gasteiger partial charge < -0.3 is 10.1 Å². The van der Waals surface area contributed by atoms with Gasteiger partial charge in [0.25, 0.3) is 0 Å². The molecule has 1 aromatic heterocycles. The average molecular weight is 187 g/mol. The van der Waals surface area contributed by atoms with Crippen LogP contribution in [0, 0.1) is 11.3 Å². The largest absolute Gasteiger partial charge is 0.392 e. The molecule has 1 heterocycles. The van der Waals surface area contributed by atoms with E-state index >= 15 is 0 Å². The third-order valence-electron chi connectivity index (χ3n) is 2.18. The van der Waals surface area contributed by atoms with Crippen molar-refractivity contribution in [1.82, 2.24) is 9.97 Å². The molecule has 2 N–H and O–H groups in total. The van der Waals surface area contributed by atoms with Crippen molar-refractivity contribution in [1.29, 1.82) is 5.26 Å². The number of aromatic amines is 1. The molecular formula is C10H9N3O. The Kier molecular flexibility index (Phi) is 2.17. The van der Waals surface area contributed by atoms with Gasteiger partial charge in [0.2, 0.25) is 0 Å². The minimum Gasteiger partial charge on any atom is -0.392 e. The molecule has 0 atom stereocenters. The summed E-state index contributed by atoms with van der Waals surface area (Å²) in [5, 5.41) is 17.7. The number of H-pyrrole nitrogens is 1. The van der Waals surface area contributed by atoms with Crippen LogP contribution < -0.4 is 0 Å². The average Bonchev–Trinajstić information content (AvgIpc) is 2.64. The number of rotatable bonds is 2. The summed E-state index contributed by atoms with van der Waals surface area (Å²) < 4.78 is 0. The molecule has 0 aliphatic rings. The second-order valence-corrected chi connectivity index (χ2v) is 3.03. The van der Waals surface area contributed by atoms with E-state index in [1.807, 2.05) is 12.1 Å². The van der Waals surface area contributed by atoms with Gasteiger partial charge in [-0.15, -0.1) is 0 Å². The van der Waals surface area contributed by atoms with E-state index in [4.69, 9.17) is 10.4 Å². The van der Waals surface area contributed by atoms with Gasteiger partial charge in [-0.3, -0.25) is 0 Å². The Hall–Kier alpha value is -1.86. The molecule has 4 nitrogen and oxygen atoms in total.